The number of aromatic carboxylic acids is 1. The minimum atomic E-state index is -1.43. The number of pyridine rings is 1. The number of anilines is 1. The molecular formula is C16H14ClF2N3O3S. The number of carbonyl (C=O) groups is 1. The van der Waals surface area contributed by atoms with Gasteiger partial charge < -0.3 is 20.3 Å². The summed E-state index contributed by atoms with van der Waals surface area (Å²) in [5.41, 5.74) is 4.84. The van der Waals surface area contributed by atoms with Gasteiger partial charge in [0.1, 0.15) is 23.4 Å². The molecule has 6 nitrogen and oxygen atoms in total. The molecule has 0 aliphatic carbocycles. The van der Waals surface area contributed by atoms with Gasteiger partial charge in [0, 0.05) is 19.1 Å². The highest BCUT2D eigenvalue weighted by Gasteiger charge is 2.37. The SMILES string of the molecule is N[C@H]1CCN(c2c(F)cc3c(=O)c(C(=O)O)c4n(c3c2Cl)C(CF)S4)C1. The number of hydrogen-bond acceptors (Lipinski definition) is 5. The number of carboxylic acid groups (broad SMARTS) is 1. The fourth-order valence-electron chi connectivity index (χ4n) is 3.55. The molecule has 1 aromatic carbocycles. The monoisotopic (exact) mass is 401 g/mol. The summed E-state index contributed by atoms with van der Waals surface area (Å²) < 4.78 is 29.5. The third kappa shape index (κ3) is 2.34. The molecule has 0 spiro atoms. The van der Waals surface area contributed by atoms with Crippen molar-refractivity contribution < 1.29 is 18.7 Å². The number of halogens is 3. The number of nitrogens with two attached hydrogens (primary N) is 1. The van der Waals surface area contributed by atoms with E-state index in [0.29, 0.717) is 19.5 Å². The van der Waals surface area contributed by atoms with Crippen LogP contribution in [0.3, 0.4) is 0 Å². The van der Waals surface area contributed by atoms with Crippen LogP contribution in [0.15, 0.2) is 15.9 Å². The van der Waals surface area contributed by atoms with Gasteiger partial charge >= 0.3 is 5.97 Å². The van der Waals surface area contributed by atoms with Crippen molar-refractivity contribution in [2.24, 2.45) is 5.73 Å². The molecule has 1 aromatic heterocycles. The van der Waals surface area contributed by atoms with E-state index in [1.54, 1.807) is 4.90 Å². The van der Waals surface area contributed by atoms with Gasteiger partial charge in [-0.3, -0.25) is 4.79 Å². The highest BCUT2D eigenvalue weighted by molar-refractivity contribution is 8.00. The van der Waals surface area contributed by atoms with Crippen molar-refractivity contribution in [3.05, 3.63) is 32.7 Å². The van der Waals surface area contributed by atoms with E-state index in [2.05, 4.69) is 0 Å². The van der Waals surface area contributed by atoms with Crippen molar-refractivity contribution in [1.82, 2.24) is 4.57 Å². The van der Waals surface area contributed by atoms with Gasteiger partial charge in [0.05, 0.1) is 26.6 Å². The summed E-state index contributed by atoms with van der Waals surface area (Å²) in [6, 6.07) is 0.871. The Morgan fingerprint density at radius 3 is 2.81 bits per heavy atom. The van der Waals surface area contributed by atoms with Crippen LogP contribution in [-0.4, -0.2) is 41.4 Å². The lowest BCUT2D eigenvalue weighted by Crippen LogP contribution is -2.31. The smallest absolute Gasteiger partial charge is 0.342 e. The van der Waals surface area contributed by atoms with Crippen molar-refractivity contribution in [1.29, 1.82) is 0 Å². The van der Waals surface area contributed by atoms with Crippen molar-refractivity contribution in [2.45, 2.75) is 22.9 Å². The van der Waals surface area contributed by atoms with Gasteiger partial charge in [-0.05, 0) is 12.5 Å². The third-order valence-corrected chi connectivity index (χ3v) is 6.33. The predicted octanol–water partition coefficient (Wildman–Crippen LogP) is 2.60. The van der Waals surface area contributed by atoms with Gasteiger partial charge in [-0.25, -0.2) is 13.6 Å². The van der Waals surface area contributed by atoms with Crippen LogP contribution in [0.2, 0.25) is 5.02 Å². The molecule has 26 heavy (non-hydrogen) atoms. The molecule has 0 saturated carbocycles. The second-order valence-corrected chi connectivity index (χ2v) is 7.87. The van der Waals surface area contributed by atoms with E-state index in [1.807, 2.05) is 0 Å². The zero-order chi connectivity index (χ0) is 18.7. The molecule has 2 atom stereocenters. The Labute approximate surface area is 155 Å². The van der Waals surface area contributed by atoms with Crippen LogP contribution < -0.4 is 16.1 Å². The molecule has 1 saturated heterocycles. The number of carboxylic acids is 1. The van der Waals surface area contributed by atoms with Crippen molar-refractivity contribution in [3.63, 3.8) is 0 Å². The third-order valence-electron chi connectivity index (χ3n) is 4.74. The van der Waals surface area contributed by atoms with Gasteiger partial charge in [-0.1, -0.05) is 23.4 Å². The summed E-state index contributed by atoms with van der Waals surface area (Å²) >= 11 is 7.41. The lowest BCUT2D eigenvalue weighted by molar-refractivity contribution is 0.0689. The molecule has 3 N–H and O–H groups in total. The van der Waals surface area contributed by atoms with Crippen molar-refractivity contribution >= 4 is 45.9 Å². The first-order valence-corrected chi connectivity index (χ1v) is 9.17. The molecule has 1 fully saturated rings. The molecule has 10 heteroatoms. The number of thioether (sulfide) groups is 1. The van der Waals surface area contributed by atoms with Gasteiger partial charge in [0.2, 0.25) is 5.43 Å². The molecule has 138 valence electrons. The summed E-state index contributed by atoms with van der Waals surface area (Å²) in [5.74, 6) is -2.16. The molecule has 0 amide bonds. The van der Waals surface area contributed by atoms with Crippen LogP contribution in [0.4, 0.5) is 14.5 Å². The van der Waals surface area contributed by atoms with Crippen LogP contribution in [-0.2, 0) is 0 Å². The average molecular weight is 402 g/mol. The lowest BCUT2D eigenvalue weighted by atomic mass is 10.1. The number of benzene rings is 1. The molecule has 0 radical (unpaired) electrons. The highest BCUT2D eigenvalue weighted by Crippen LogP contribution is 2.49. The van der Waals surface area contributed by atoms with Gasteiger partial charge in [0.25, 0.3) is 0 Å². The first-order valence-electron chi connectivity index (χ1n) is 7.91. The summed E-state index contributed by atoms with van der Waals surface area (Å²) in [5, 5.41) is 8.59. The molecule has 1 unspecified atom stereocenters. The fraction of sp³-hybridized carbons (Fsp3) is 0.375. The second-order valence-electron chi connectivity index (χ2n) is 6.32. The van der Waals surface area contributed by atoms with E-state index in [4.69, 9.17) is 17.3 Å². The van der Waals surface area contributed by atoms with Gasteiger partial charge in [-0.2, -0.15) is 0 Å². The molecule has 2 aromatic rings. The first kappa shape index (κ1) is 17.6. The van der Waals surface area contributed by atoms with E-state index >= 15 is 0 Å². The molecule has 2 aliphatic heterocycles. The number of aromatic nitrogens is 1. The minimum Gasteiger partial charge on any atom is -0.477 e. The van der Waals surface area contributed by atoms with Crippen LogP contribution in [0.25, 0.3) is 10.9 Å². The van der Waals surface area contributed by atoms with Crippen molar-refractivity contribution in [2.75, 3.05) is 24.7 Å². The standard InChI is InChI=1S/C16H14ClF2N3O3S/c17-11-12-7(3-8(19)13(11)21-2-1-6(20)5-21)14(23)10(16(24)25)15-22(12)9(4-18)26-15/h3,6,9H,1-2,4-5,20H2,(H,24,25)/t6-,9?/m0/s1. The van der Waals surface area contributed by atoms with E-state index in [-0.39, 0.29) is 32.7 Å². The Bertz CT molecular complexity index is 1010. The minimum absolute atomic E-state index is 0.0249. The summed E-state index contributed by atoms with van der Waals surface area (Å²) in [6.45, 7) is 0.148. The van der Waals surface area contributed by atoms with Gasteiger partial charge in [0.15, 0.2) is 0 Å². The fourth-order valence-corrected chi connectivity index (χ4v) is 5.06. The Kier molecular flexibility index (Phi) is 4.13. The van der Waals surface area contributed by atoms with Crippen LogP contribution >= 0.6 is 23.4 Å². The number of fused-ring (bicyclic) bond motifs is 3. The predicted molar refractivity (Wildman–Crippen MR) is 95.8 cm³/mol. The molecule has 4 rings (SSSR count). The quantitative estimate of drug-likeness (QED) is 0.821. The van der Waals surface area contributed by atoms with Crippen molar-refractivity contribution in [3.8, 4) is 0 Å². The first-order chi connectivity index (χ1) is 12.3. The Hall–Kier alpha value is -1.84. The molecule has 2 aliphatic rings. The zero-order valence-corrected chi connectivity index (χ0v) is 14.9. The summed E-state index contributed by atoms with van der Waals surface area (Å²) in [4.78, 5) is 25.8. The second kappa shape index (κ2) is 6.11. The van der Waals surface area contributed by atoms with E-state index < -0.39 is 34.8 Å². The Balaban J connectivity index is 2.06. The number of rotatable bonds is 3. The van der Waals surface area contributed by atoms with Crippen LogP contribution in [0, 0.1) is 5.82 Å². The topological polar surface area (TPSA) is 88.6 Å². The van der Waals surface area contributed by atoms with E-state index in [1.165, 1.54) is 4.57 Å². The Morgan fingerprint density at radius 1 is 1.50 bits per heavy atom. The summed E-state index contributed by atoms with van der Waals surface area (Å²) in [6.07, 6.45) is 0.673. The maximum Gasteiger partial charge on any atom is 0.342 e. The number of nitrogens with zero attached hydrogens (tertiary/aromatic N) is 2. The average Bonchev–Trinajstić information content (AvgIpc) is 2.97. The number of hydrogen-bond donors (Lipinski definition) is 2. The van der Waals surface area contributed by atoms with Crippen LogP contribution in [0.5, 0.6) is 0 Å². The molecule has 0 bridgehead atoms. The van der Waals surface area contributed by atoms with E-state index in [9.17, 15) is 23.5 Å². The zero-order valence-electron chi connectivity index (χ0n) is 13.3. The largest absolute Gasteiger partial charge is 0.477 e. The lowest BCUT2D eigenvalue weighted by Gasteiger charge is -2.34. The van der Waals surface area contributed by atoms with E-state index in [0.717, 1.165) is 17.8 Å². The summed E-state index contributed by atoms with van der Waals surface area (Å²) in [7, 11) is 0. The highest BCUT2D eigenvalue weighted by atomic mass is 35.5. The van der Waals surface area contributed by atoms with Gasteiger partial charge in [-0.15, -0.1) is 0 Å². The normalized spacial score (nSPS) is 21.8. The number of alkyl halides is 1. The Morgan fingerprint density at radius 2 is 2.23 bits per heavy atom. The maximum absolute atomic E-state index is 14.8. The molecular weight excluding hydrogens is 388 g/mol. The molecule has 3 heterocycles. The maximum atomic E-state index is 14.8. The van der Waals surface area contributed by atoms with Crippen LogP contribution in [0.1, 0.15) is 22.2 Å².